The quantitative estimate of drug-likeness (QED) is 0.294. The lowest BCUT2D eigenvalue weighted by Gasteiger charge is -2.21. The van der Waals surface area contributed by atoms with Gasteiger partial charge in [-0.25, -0.2) is 4.99 Å². The number of rotatable bonds is 7. The predicted octanol–water partition coefficient (Wildman–Crippen LogP) is 3.00. The highest BCUT2D eigenvalue weighted by atomic mass is 127. The fourth-order valence-corrected chi connectivity index (χ4v) is 3.03. The molecule has 1 aromatic carbocycles. The molecule has 0 spiro atoms. The third-order valence-electron chi connectivity index (χ3n) is 4.06. The average molecular weight is 518 g/mol. The Morgan fingerprint density at radius 2 is 2.00 bits per heavy atom. The van der Waals surface area contributed by atoms with Crippen LogP contribution in [-0.4, -0.2) is 43.2 Å². The second kappa shape index (κ2) is 11.5. The van der Waals surface area contributed by atoms with E-state index in [0.29, 0.717) is 25.7 Å². The van der Waals surface area contributed by atoms with Gasteiger partial charge in [-0.15, -0.1) is 24.0 Å². The molecule has 0 fully saturated rings. The highest BCUT2D eigenvalue weighted by molar-refractivity contribution is 14.0. The maximum atomic E-state index is 12.0. The van der Waals surface area contributed by atoms with Crippen LogP contribution in [0.2, 0.25) is 0 Å². The maximum Gasteiger partial charge on any atom is 0.239 e. The van der Waals surface area contributed by atoms with Gasteiger partial charge < -0.3 is 25.4 Å². The van der Waals surface area contributed by atoms with E-state index in [1.54, 1.807) is 0 Å². The van der Waals surface area contributed by atoms with Gasteiger partial charge in [0, 0.05) is 29.6 Å². The first-order valence-electron chi connectivity index (χ1n) is 10.00. The number of ether oxygens (including phenoxy) is 2. The van der Waals surface area contributed by atoms with E-state index < -0.39 is 0 Å². The number of halogens is 1. The van der Waals surface area contributed by atoms with Gasteiger partial charge in [-0.1, -0.05) is 0 Å². The summed E-state index contributed by atoms with van der Waals surface area (Å²) < 4.78 is 11.7. The van der Waals surface area contributed by atoms with E-state index in [-0.39, 0.29) is 48.1 Å². The van der Waals surface area contributed by atoms with Crippen molar-refractivity contribution in [3.63, 3.8) is 0 Å². The number of benzene rings is 1. The van der Waals surface area contributed by atoms with E-state index in [4.69, 9.17) is 9.47 Å². The lowest BCUT2D eigenvalue weighted by atomic mass is 10.1. The Morgan fingerprint density at radius 3 is 2.62 bits per heavy atom. The minimum Gasteiger partial charge on any atom is -0.494 e. The van der Waals surface area contributed by atoms with Gasteiger partial charge in [0.1, 0.15) is 17.6 Å². The van der Waals surface area contributed by atoms with Crippen LogP contribution in [0.25, 0.3) is 0 Å². The number of carbonyl (C=O) groups is 1. The molecular weight excluding hydrogens is 483 g/mol. The van der Waals surface area contributed by atoms with Crippen molar-refractivity contribution < 1.29 is 14.3 Å². The second-order valence-corrected chi connectivity index (χ2v) is 7.98. The number of guanidine groups is 1. The van der Waals surface area contributed by atoms with Crippen molar-refractivity contribution in [1.29, 1.82) is 0 Å². The standard InChI is InChI=1S/C21H34N4O3.HI/c1-7-22-20(24-13-19(26)25-21(4,5)6)23-12-16-11-18-15(9-14(3)28-18)10-17(16)27-8-2;/h10-11,14H,7-9,12-13H2,1-6H3,(H,25,26)(H2,22,23,24);1H. The highest BCUT2D eigenvalue weighted by Crippen LogP contribution is 2.35. The van der Waals surface area contributed by atoms with Gasteiger partial charge in [0.05, 0.1) is 19.7 Å². The monoisotopic (exact) mass is 518 g/mol. The summed E-state index contributed by atoms with van der Waals surface area (Å²) in [6, 6.07) is 4.08. The van der Waals surface area contributed by atoms with E-state index in [2.05, 4.69) is 33.9 Å². The van der Waals surface area contributed by atoms with Gasteiger partial charge in [0.2, 0.25) is 5.91 Å². The molecule has 0 saturated heterocycles. The first-order chi connectivity index (χ1) is 13.2. The summed E-state index contributed by atoms with van der Waals surface area (Å²) >= 11 is 0. The highest BCUT2D eigenvalue weighted by Gasteiger charge is 2.22. The number of amides is 1. The van der Waals surface area contributed by atoms with Crippen LogP contribution in [0.1, 0.15) is 52.7 Å². The van der Waals surface area contributed by atoms with Crippen molar-refractivity contribution in [2.24, 2.45) is 4.99 Å². The minimum atomic E-state index is -0.262. The normalized spacial score (nSPS) is 15.7. The Morgan fingerprint density at radius 1 is 1.28 bits per heavy atom. The van der Waals surface area contributed by atoms with Crippen LogP contribution in [0.4, 0.5) is 0 Å². The van der Waals surface area contributed by atoms with Crippen LogP contribution in [0.15, 0.2) is 17.1 Å². The Balaban J connectivity index is 0.00000420. The molecule has 0 radical (unpaired) electrons. The summed E-state index contributed by atoms with van der Waals surface area (Å²) in [5, 5.41) is 9.18. The van der Waals surface area contributed by atoms with Crippen molar-refractivity contribution in [3.8, 4) is 11.5 Å². The summed E-state index contributed by atoms with van der Waals surface area (Å²) in [4.78, 5) is 16.7. The lowest BCUT2D eigenvalue weighted by molar-refractivity contribution is -0.121. The molecule has 0 bridgehead atoms. The molecule has 1 amide bonds. The molecular formula is C21H35IN4O3. The van der Waals surface area contributed by atoms with Crippen LogP contribution in [-0.2, 0) is 17.8 Å². The molecule has 1 unspecified atom stereocenters. The zero-order valence-corrected chi connectivity index (χ0v) is 20.7. The Kier molecular flexibility index (Phi) is 10.0. The smallest absolute Gasteiger partial charge is 0.239 e. The Hall–Kier alpha value is -1.71. The zero-order chi connectivity index (χ0) is 20.7. The summed E-state index contributed by atoms with van der Waals surface area (Å²) in [5.74, 6) is 2.25. The number of aliphatic imine (C=N–C) groups is 1. The molecule has 164 valence electrons. The van der Waals surface area contributed by atoms with Gasteiger partial charge in [-0.2, -0.15) is 0 Å². The second-order valence-electron chi connectivity index (χ2n) is 7.98. The van der Waals surface area contributed by atoms with Gasteiger partial charge in [-0.3, -0.25) is 4.79 Å². The summed E-state index contributed by atoms with van der Waals surface area (Å²) in [7, 11) is 0. The van der Waals surface area contributed by atoms with E-state index in [1.807, 2.05) is 40.7 Å². The first-order valence-corrected chi connectivity index (χ1v) is 10.00. The topological polar surface area (TPSA) is 84.0 Å². The molecule has 0 saturated carbocycles. The molecule has 1 aromatic rings. The minimum absolute atomic E-state index is 0. The third-order valence-corrected chi connectivity index (χ3v) is 4.06. The van der Waals surface area contributed by atoms with E-state index in [9.17, 15) is 4.79 Å². The lowest BCUT2D eigenvalue weighted by Crippen LogP contribution is -2.48. The molecule has 0 aromatic heterocycles. The van der Waals surface area contributed by atoms with Crippen LogP contribution >= 0.6 is 24.0 Å². The van der Waals surface area contributed by atoms with Gasteiger partial charge in [0.15, 0.2) is 5.96 Å². The molecule has 3 N–H and O–H groups in total. The summed E-state index contributed by atoms with van der Waals surface area (Å²) in [6.45, 7) is 13.8. The number of hydrogen-bond donors (Lipinski definition) is 3. The Labute approximate surface area is 191 Å². The molecule has 8 heteroatoms. The fraction of sp³-hybridized carbons (Fsp3) is 0.619. The van der Waals surface area contributed by atoms with E-state index in [1.165, 1.54) is 5.56 Å². The molecule has 1 aliphatic heterocycles. The zero-order valence-electron chi connectivity index (χ0n) is 18.3. The number of nitrogens with zero attached hydrogens (tertiary/aromatic N) is 1. The Bertz CT molecular complexity index is 717. The summed E-state index contributed by atoms with van der Waals surface area (Å²) in [6.07, 6.45) is 1.08. The van der Waals surface area contributed by atoms with Crippen molar-refractivity contribution in [2.75, 3.05) is 19.7 Å². The fourth-order valence-electron chi connectivity index (χ4n) is 3.03. The van der Waals surface area contributed by atoms with E-state index in [0.717, 1.165) is 23.5 Å². The SMILES string of the molecule is CCNC(=NCc1cc2c(cc1OCC)CC(C)O2)NCC(=O)NC(C)(C)C.I. The van der Waals surface area contributed by atoms with Crippen molar-refractivity contribution in [1.82, 2.24) is 16.0 Å². The predicted molar refractivity (Wildman–Crippen MR) is 128 cm³/mol. The van der Waals surface area contributed by atoms with Crippen LogP contribution in [0.3, 0.4) is 0 Å². The summed E-state index contributed by atoms with van der Waals surface area (Å²) in [5.41, 5.74) is 1.88. The molecule has 7 nitrogen and oxygen atoms in total. The molecule has 1 heterocycles. The third kappa shape index (κ3) is 8.28. The number of nitrogens with one attached hydrogen (secondary N) is 3. The van der Waals surface area contributed by atoms with E-state index >= 15 is 0 Å². The maximum absolute atomic E-state index is 12.0. The number of fused-ring (bicyclic) bond motifs is 1. The van der Waals surface area contributed by atoms with Gasteiger partial charge in [0.25, 0.3) is 0 Å². The molecule has 29 heavy (non-hydrogen) atoms. The van der Waals surface area contributed by atoms with Crippen molar-refractivity contribution in [3.05, 3.63) is 23.3 Å². The molecule has 1 aliphatic rings. The van der Waals surface area contributed by atoms with Gasteiger partial charge in [-0.05, 0) is 53.7 Å². The molecule has 0 aliphatic carbocycles. The largest absolute Gasteiger partial charge is 0.494 e. The first kappa shape index (κ1) is 25.3. The molecule has 1 atom stereocenters. The van der Waals surface area contributed by atoms with Crippen molar-refractivity contribution in [2.45, 2.75) is 66.2 Å². The number of carbonyl (C=O) groups excluding carboxylic acids is 1. The van der Waals surface area contributed by atoms with Crippen LogP contribution < -0.4 is 25.4 Å². The van der Waals surface area contributed by atoms with Crippen LogP contribution in [0.5, 0.6) is 11.5 Å². The van der Waals surface area contributed by atoms with Crippen LogP contribution in [0, 0.1) is 0 Å². The number of hydrogen-bond acceptors (Lipinski definition) is 4. The van der Waals surface area contributed by atoms with Crippen molar-refractivity contribution >= 4 is 35.8 Å². The average Bonchev–Trinajstić information content (AvgIpc) is 2.95. The molecule has 2 rings (SSSR count). The van der Waals surface area contributed by atoms with Gasteiger partial charge >= 0.3 is 0 Å².